The molecule has 2 N–H and O–H groups in total. The van der Waals surface area contributed by atoms with E-state index in [0.29, 0.717) is 12.8 Å². The summed E-state index contributed by atoms with van der Waals surface area (Å²) in [5, 5.41) is 11.9. The highest BCUT2D eigenvalue weighted by molar-refractivity contribution is 5.78. The fourth-order valence-electron chi connectivity index (χ4n) is 2.43. The maximum absolute atomic E-state index is 12.4. The molecule has 0 fully saturated rings. The largest absolute Gasteiger partial charge is 0.480 e. The minimum Gasteiger partial charge on any atom is -0.480 e. The molecule has 132 valence electrons. The number of benzene rings is 2. The monoisotopic (exact) mass is 341 g/mol. The minimum absolute atomic E-state index is 0.171. The van der Waals surface area contributed by atoms with E-state index in [-0.39, 0.29) is 6.61 Å². The molecule has 2 atom stereocenters. The summed E-state index contributed by atoms with van der Waals surface area (Å²) in [4.78, 5) is 23.5. The van der Waals surface area contributed by atoms with Gasteiger partial charge in [-0.25, -0.2) is 0 Å². The number of hydrogen-bond donors (Lipinski definition) is 2. The first kappa shape index (κ1) is 18.7. The molecule has 0 aliphatic carbocycles. The second-order valence-electron chi connectivity index (χ2n) is 5.90. The molecule has 2 aromatic rings. The van der Waals surface area contributed by atoms with Crippen molar-refractivity contribution in [1.82, 2.24) is 5.32 Å². The van der Waals surface area contributed by atoms with Crippen LogP contribution in [-0.4, -0.2) is 29.1 Å². The van der Waals surface area contributed by atoms with E-state index in [9.17, 15) is 9.59 Å². The Hall–Kier alpha value is -2.66. The third-order valence-electron chi connectivity index (χ3n) is 3.89. The van der Waals surface area contributed by atoms with Crippen LogP contribution in [0.5, 0.6) is 0 Å². The summed E-state index contributed by atoms with van der Waals surface area (Å²) < 4.78 is 5.36. The number of carbonyl (C=O) groups excluding carboxylic acids is 1. The quantitative estimate of drug-likeness (QED) is 0.686. The van der Waals surface area contributed by atoms with Crippen molar-refractivity contribution in [2.75, 3.05) is 0 Å². The standard InChI is InChI=1S/C20H23NO4/c1-15(19(22)23)21-18(13-12-16-8-4-2-5-9-16)20(24)25-14-17-10-6-3-7-11-17/h2-11,15,18,21H,12-14H2,1H3,(H,22,23). The molecule has 25 heavy (non-hydrogen) atoms. The Morgan fingerprint density at radius 2 is 1.56 bits per heavy atom. The highest BCUT2D eigenvalue weighted by Gasteiger charge is 2.24. The Bertz CT molecular complexity index is 673. The molecule has 0 amide bonds. The second kappa shape index (κ2) is 9.59. The van der Waals surface area contributed by atoms with Gasteiger partial charge in [0.1, 0.15) is 18.7 Å². The minimum atomic E-state index is -0.999. The molecule has 2 aromatic carbocycles. The average Bonchev–Trinajstić information content (AvgIpc) is 2.64. The van der Waals surface area contributed by atoms with Crippen LogP contribution in [0.25, 0.3) is 0 Å². The molecular formula is C20H23NO4. The fraction of sp³-hybridized carbons (Fsp3) is 0.300. The van der Waals surface area contributed by atoms with Gasteiger partial charge >= 0.3 is 11.9 Å². The van der Waals surface area contributed by atoms with Crippen molar-refractivity contribution < 1.29 is 19.4 Å². The number of carbonyl (C=O) groups is 2. The lowest BCUT2D eigenvalue weighted by atomic mass is 10.0. The van der Waals surface area contributed by atoms with Gasteiger partial charge in [-0.05, 0) is 30.9 Å². The van der Waals surface area contributed by atoms with Crippen LogP contribution in [0.3, 0.4) is 0 Å². The van der Waals surface area contributed by atoms with E-state index >= 15 is 0 Å². The SMILES string of the molecule is CC(NC(CCc1ccccc1)C(=O)OCc1ccccc1)C(=O)O. The predicted molar refractivity (Wildman–Crippen MR) is 95.0 cm³/mol. The Balaban J connectivity index is 1.96. The summed E-state index contributed by atoms with van der Waals surface area (Å²) >= 11 is 0. The highest BCUT2D eigenvalue weighted by atomic mass is 16.5. The number of carboxylic acids is 1. The number of aliphatic carboxylic acids is 1. The molecule has 0 aromatic heterocycles. The molecule has 0 saturated heterocycles. The number of hydrogen-bond acceptors (Lipinski definition) is 4. The van der Waals surface area contributed by atoms with Crippen molar-refractivity contribution in [1.29, 1.82) is 0 Å². The maximum atomic E-state index is 12.4. The number of rotatable bonds is 9. The zero-order valence-electron chi connectivity index (χ0n) is 14.2. The lowest BCUT2D eigenvalue weighted by molar-refractivity contribution is -0.148. The first-order valence-electron chi connectivity index (χ1n) is 8.29. The summed E-state index contributed by atoms with van der Waals surface area (Å²) in [6, 6.07) is 17.7. The lowest BCUT2D eigenvalue weighted by Crippen LogP contribution is -2.46. The number of aryl methyl sites for hydroxylation is 1. The average molecular weight is 341 g/mol. The van der Waals surface area contributed by atoms with Gasteiger partial charge in [0.15, 0.2) is 0 Å². The van der Waals surface area contributed by atoms with Crippen molar-refractivity contribution in [3.05, 3.63) is 71.8 Å². The van der Waals surface area contributed by atoms with Gasteiger partial charge in [-0.15, -0.1) is 0 Å². The van der Waals surface area contributed by atoms with Crippen molar-refractivity contribution in [2.24, 2.45) is 0 Å². The van der Waals surface area contributed by atoms with Crippen LogP contribution in [0, 0.1) is 0 Å². The van der Waals surface area contributed by atoms with Crippen LogP contribution in [0.4, 0.5) is 0 Å². The van der Waals surface area contributed by atoms with Gasteiger partial charge < -0.3 is 9.84 Å². The number of carboxylic acid groups (broad SMARTS) is 1. The molecule has 0 aliphatic rings. The van der Waals surface area contributed by atoms with E-state index in [1.165, 1.54) is 6.92 Å². The van der Waals surface area contributed by atoms with Crippen LogP contribution < -0.4 is 5.32 Å². The smallest absolute Gasteiger partial charge is 0.323 e. The Morgan fingerprint density at radius 1 is 1.00 bits per heavy atom. The van der Waals surface area contributed by atoms with Gasteiger partial charge in [0.2, 0.25) is 0 Å². The molecular weight excluding hydrogens is 318 g/mol. The van der Waals surface area contributed by atoms with E-state index in [0.717, 1.165) is 11.1 Å². The number of ether oxygens (including phenoxy) is 1. The van der Waals surface area contributed by atoms with Crippen LogP contribution >= 0.6 is 0 Å². The molecule has 0 heterocycles. The summed E-state index contributed by atoms with van der Waals surface area (Å²) in [7, 11) is 0. The predicted octanol–water partition coefficient (Wildman–Crippen LogP) is 2.79. The van der Waals surface area contributed by atoms with E-state index in [1.54, 1.807) is 0 Å². The van der Waals surface area contributed by atoms with Crippen molar-refractivity contribution in [2.45, 2.75) is 38.5 Å². The summed E-state index contributed by atoms with van der Waals surface area (Å²) in [6.45, 7) is 1.69. The van der Waals surface area contributed by atoms with Crippen LogP contribution in [0.2, 0.25) is 0 Å². The van der Waals surface area contributed by atoms with Crippen LogP contribution in [0.15, 0.2) is 60.7 Å². The summed E-state index contributed by atoms with van der Waals surface area (Å²) in [6.07, 6.45) is 1.13. The van der Waals surface area contributed by atoms with Crippen molar-refractivity contribution in [3.8, 4) is 0 Å². The fourth-order valence-corrected chi connectivity index (χ4v) is 2.43. The van der Waals surface area contributed by atoms with Crippen molar-refractivity contribution >= 4 is 11.9 Å². The zero-order chi connectivity index (χ0) is 18.1. The third kappa shape index (κ3) is 6.39. The molecule has 0 saturated carbocycles. The molecule has 0 radical (unpaired) electrons. The molecule has 5 nitrogen and oxygen atoms in total. The van der Waals surface area contributed by atoms with Crippen molar-refractivity contribution in [3.63, 3.8) is 0 Å². The van der Waals surface area contributed by atoms with E-state index in [4.69, 9.17) is 9.84 Å². The summed E-state index contributed by atoms with van der Waals surface area (Å²) in [5.41, 5.74) is 1.98. The van der Waals surface area contributed by atoms with Gasteiger partial charge in [-0.2, -0.15) is 0 Å². The molecule has 0 spiro atoms. The Kier molecular flexibility index (Phi) is 7.16. The summed E-state index contributed by atoms with van der Waals surface area (Å²) in [5.74, 6) is -1.44. The highest BCUT2D eigenvalue weighted by Crippen LogP contribution is 2.09. The molecule has 2 unspecified atom stereocenters. The van der Waals surface area contributed by atoms with E-state index in [2.05, 4.69) is 5.32 Å². The van der Waals surface area contributed by atoms with Crippen LogP contribution in [-0.2, 0) is 27.4 Å². The molecule has 0 bridgehead atoms. The third-order valence-corrected chi connectivity index (χ3v) is 3.89. The Morgan fingerprint density at radius 3 is 2.12 bits per heavy atom. The lowest BCUT2D eigenvalue weighted by Gasteiger charge is -2.20. The van der Waals surface area contributed by atoms with Gasteiger partial charge in [0.05, 0.1) is 0 Å². The number of esters is 1. The normalized spacial score (nSPS) is 13.0. The first-order valence-corrected chi connectivity index (χ1v) is 8.29. The molecule has 5 heteroatoms. The topological polar surface area (TPSA) is 75.6 Å². The second-order valence-corrected chi connectivity index (χ2v) is 5.90. The van der Waals surface area contributed by atoms with Gasteiger partial charge in [0, 0.05) is 0 Å². The van der Waals surface area contributed by atoms with Gasteiger partial charge in [0.25, 0.3) is 0 Å². The number of nitrogens with one attached hydrogen (secondary N) is 1. The van der Waals surface area contributed by atoms with E-state index < -0.39 is 24.0 Å². The van der Waals surface area contributed by atoms with Gasteiger partial charge in [-0.1, -0.05) is 60.7 Å². The van der Waals surface area contributed by atoms with E-state index in [1.807, 2.05) is 60.7 Å². The van der Waals surface area contributed by atoms with Crippen LogP contribution in [0.1, 0.15) is 24.5 Å². The molecule has 2 rings (SSSR count). The maximum Gasteiger partial charge on any atom is 0.323 e. The first-order chi connectivity index (χ1) is 12.1. The van der Waals surface area contributed by atoms with Gasteiger partial charge in [-0.3, -0.25) is 14.9 Å². The molecule has 0 aliphatic heterocycles. The zero-order valence-corrected chi connectivity index (χ0v) is 14.2. The Labute approximate surface area is 147 Å².